The molecule has 2 aliphatic heterocycles. The summed E-state index contributed by atoms with van der Waals surface area (Å²) in [7, 11) is -2.07. The monoisotopic (exact) mass is 291 g/mol. The molecule has 0 spiro atoms. The van der Waals surface area contributed by atoms with Gasteiger partial charge in [0.2, 0.25) is 0 Å². The number of fused-ring (bicyclic) bond motifs is 2. The van der Waals surface area contributed by atoms with Crippen molar-refractivity contribution in [3.8, 4) is 11.5 Å². The minimum atomic E-state index is -2.07. The van der Waals surface area contributed by atoms with E-state index < -0.39 is 7.41 Å². The van der Waals surface area contributed by atoms with Crippen LogP contribution in [0.25, 0.3) is 0 Å². The minimum absolute atomic E-state index is 0.991. The van der Waals surface area contributed by atoms with Crippen molar-refractivity contribution >= 4 is 29.0 Å². The summed E-state index contributed by atoms with van der Waals surface area (Å²) in [4.78, 5) is 0. The molecule has 0 aromatic heterocycles. The Bertz CT molecular complexity index is 862. The topological polar surface area (TPSA) is 21.3 Å². The molecule has 2 heterocycles. The first kappa shape index (κ1) is 11.4. The number of nitrogens with one attached hydrogen (secondary N) is 1. The van der Waals surface area contributed by atoms with Gasteiger partial charge in [0.15, 0.2) is 0 Å². The van der Waals surface area contributed by atoms with Crippen LogP contribution in [-0.2, 0) is 0 Å². The molecule has 102 valence electrons. The normalized spacial score (nSPS) is 17.3. The SMILES string of the molecule is c1ccc([PH]23Nc4cccc(c42)Oc2ccccc23)cc1. The average Bonchev–Trinajstić information content (AvgIpc) is 2.52. The zero-order valence-electron chi connectivity index (χ0n) is 11.3. The van der Waals surface area contributed by atoms with Crippen LogP contribution in [0.2, 0.25) is 0 Å². The number of hydrogen-bond donors (Lipinski definition) is 1. The van der Waals surface area contributed by atoms with E-state index in [-0.39, 0.29) is 0 Å². The van der Waals surface area contributed by atoms with Crippen LogP contribution in [0, 0.1) is 0 Å². The molecule has 2 aliphatic rings. The van der Waals surface area contributed by atoms with Gasteiger partial charge in [0, 0.05) is 0 Å². The first-order valence-corrected chi connectivity index (χ1v) is 9.14. The van der Waals surface area contributed by atoms with E-state index in [1.165, 1.54) is 21.6 Å². The second kappa shape index (κ2) is 3.87. The third-order valence-electron chi connectivity index (χ3n) is 4.44. The Morgan fingerprint density at radius 1 is 0.714 bits per heavy atom. The summed E-state index contributed by atoms with van der Waals surface area (Å²) in [5, 5.41) is 7.91. The Balaban J connectivity index is 1.88. The third-order valence-corrected chi connectivity index (χ3v) is 8.77. The van der Waals surface area contributed by atoms with E-state index in [4.69, 9.17) is 4.74 Å². The third kappa shape index (κ3) is 1.31. The number of rotatable bonds is 1. The summed E-state index contributed by atoms with van der Waals surface area (Å²) in [6.07, 6.45) is 0. The standard InChI is InChI=1S/C18H14NOP/c1-2-7-13(8-3-1)21-17-12-5-4-10-15(17)20-16-11-6-9-14(19-21)18(16)21/h1-12,19,21H. The van der Waals surface area contributed by atoms with Crippen LogP contribution < -0.4 is 25.7 Å². The fourth-order valence-electron chi connectivity index (χ4n) is 3.56. The van der Waals surface area contributed by atoms with Gasteiger partial charge in [0.1, 0.15) is 0 Å². The van der Waals surface area contributed by atoms with Crippen molar-refractivity contribution < 1.29 is 4.74 Å². The van der Waals surface area contributed by atoms with Gasteiger partial charge >= 0.3 is 123 Å². The van der Waals surface area contributed by atoms with Crippen molar-refractivity contribution in [1.29, 1.82) is 0 Å². The predicted octanol–water partition coefficient (Wildman–Crippen LogP) is 3.16. The van der Waals surface area contributed by atoms with Crippen molar-refractivity contribution in [2.24, 2.45) is 0 Å². The molecule has 21 heavy (non-hydrogen) atoms. The average molecular weight is 291 g/mol. The summed E-state index contributed by atoms with van der Waals surface area (Å²) in [6.45, 7) is 0. The molecule has 2 nitrogen and oxygen atoms in total. The molecule has 0 radical (unpaired) electrons. The van der Waals surface area contributed by atoms with Crippen LogP contribution in [0.15, 0.2) is 72.8 Å². The van der Waals surface area contributed by atoms with Crippen LogP contribution in [0.1, 0.15) is 0 Å². The molecule has 5 rings (SSSR count). The molecule has 0 unspecified atom stereocenters. The van der Waals surface area contributed by atoms with Crippen LogP contribution in [0.4, 0.5) is 5.69 Å². The molecule has 0 amide bonds. The maximum atomic E-state index is 6.13. The summed E-state index contributed by atoms with van der Waals surface area (Å²) >= 11 is 0. The summed E-state index contributed by atoms with van der Waals surface area (Å²) in [6, 6.07) is 25.5. The Morgan fingerprint density at radius 3 is 2.38 bits per heavy atom. The first-order chi connectivity index (χ1) is 10.4. The zero-order valence-corrected chi connectivity index (χ0v) is 12.3. The quantitative estimate of drug-likeness (QED) is 0.695. The van der Waals surface area contributed by atoms with Crippen molar-refractivity contribution in [2.75, 3.05) is 5.09 Å². The number of anilines is 1. The molecular formula is C18H14NOP. The Kier molecular flexibility index (Phi) is 2.09. The number of ether oxygens (including phenoxy) is 1. The van der Waals surface area contributed by atoms with E-state index in [0.717, 1.165) is 11.5 Å². The van der Waals surface area contributed by atoms with Gasteiger partial charge in [0.25, 0.3) is 0 Å². The summed E-state index contributed by atoms with van der Waals surface area (Å²) in [5.74, 6) is 2.00. The van der Waals surface area contributed by atoms with Crippen molar-refractivity contribution in [3.63, 3.8) is 0 Å². The van der Waals surface area contributed by atoms with Crippen molar-refractivity contribution in [3.05, 3.63) is 72.8 Å². The zero-order chi connectivity index (χ0) is 13.9. The Labute approximate surface area is 123 Å². The van der Waals surface area contributed by atoms with E-state index in [9.17, 15) is 0 Å². The van der Waals surface area contributed by atoms with Gasteiger partial charge in [-0.15, -0.1) is 0 Å². The molecule has 3 aromatic rings. The molecule has 0 atom stereocenters. The van der Waals surface area contributed by atoms with Crippen molar-refractivity contribution in [2.45, 2.75) is 0 Å². The van der Waals surface area contributed by atoms with E-state index in [2.05, 4.69) is 71.8 Å². The second-order valence-corrected chi connectivity index (χ2v) is 8.88. The number of para-hydroxylation sites is 1. The molecule has 0 saturated heterocycles. The van der Waals surface area contributed by atoms with Gasteiger partial charge in [-0.25, -0.2) is 0 Å². The fourth-order valence-corrected chi connectivity index (χ4v) is 7.85. The van der Waals surface area contributed by atoms with E-state index >= 15 is 0 Å². The molecule has 0 fully saturated rings. The number of hydrogen-bond acceptors (Lipinski definition) is 2. The van der Waals surface area contributed by atoms with Crippen LogP contribution in [0.5, 0.6) is 11.5 Å². The molecular weight excluding hydrogens is 277 g/mol. The van der Waals surface area contributed by atoms with Gasteiger partial charge < -0.3 is 0 Å². The van der Waals surface area contributed by atoms with E-state index in [1.807, 2.05) is 6.07 Å². The summed E-state index contributed by atoms with van der Waals surface area (Å²) < 4.78 is 6.13. The van der Waals surface area contributed by atoms with E-state index in [0.29, 0.717) is 0 Å². The van der Waals surface area contributed by atoms with Gasteiger partial charge in [-0.1, -0.05) is 0 Å². The van der Waals surface area contributed by atoms with Crippen molar-refractivity contribution in [1.82, 2.24) is 0 Å². The molecule has 0 aliphatic carbocycles. The molecule has 0 bridgehead atoms. The van der Waals surface area contributed by atoms with E-state index in [1.54, 1.807) is 0 Å². The fraction of sp³-hybridized carbons (Fsp3) is 0. The summed E-state index contributed by atoms with van der Waals surface area (Å²) in [5.41, 5.74) is 1.22. The van der Waals surface area contributed by atoms with Gasteiger partial charge in [-0.3, -0.25) is 0 Å². The van der Waals surface area contributed by atoms with Crippen LogP contribution >= 0.6 is 7.41 Å². The second-order valence-electron chi connectivity index (χ2n) is 5.52. The van der Waals surface area contributed by atoms with Crippen LogP contribution in [0.3, 0.4) is 0 Å². The molecule has 3 heteroatoms. The predicted molar refractivity (Wildman–Crippen MR) is 90.2 cm³/mol. The van der Waals surface area contributed by atoms with Gasteiger partial charge in [0.05, 0.1) is 0 Å². The Hall–Kier alpha value is -2.31. The van der Waals surface area contributed by atoms with Gasteiger partial charge in [-0.2, -0.15) is 0 Å². The van der Waals surface area contributed by atoms with Crippen LogP contribution in [-0.4, -0.2) is 0 Å². The first-order valence-electron chi connectivity index (χ1n) is 7.14. The number of benzene rings is 3. The molecule has 0 saturated carbocycles. The molecule has 1 N–H and O–H groups in total. The maximum absolute atomic E-state index is 6.13. The Morgan fingerprint density at radius 2 is 1.48 bits per heavy atom. The van der Waals surface area contributed by atoms with Gasteiger partial charge in [-0.05, 0) is 0 Å². The molecule has 3 aromatic carbocycles.